The molecule has 1 saturated heterocycles. The van der Waals surface area contributed by atoms with Crippen molar-refractivity contribution in [3.63, 3.8) is 0 Å². The number of piperidine rings is 1. The van der Waals surface area contributed by atoms with E-state index in [4.69, 9.17) is 4.74 Å². The van der Waals surface area contributed by atoms with Gasteiger partial charge in [0.05, 0.1) is 6.61 Å². The van der Waals surface area contributed by atoms with Crippen LogP contribution in [0.15, 0.2) is 0 Å². The number of nitrogens with one attached hydrogen (secondary N) is 1. The van der Waals surface area contributed by atoms with Gasteiger partial charge in [-0.2, -0.15) is 0 Å². The van der Waals surface area contributed by atoms with E-state index in [1.807, 2.05) is 0 Å². The van der Waals surface area contributed by atoms with E-state index in [1.165, 1.54) is 12.8 Å². The van der Waals surface area contributed by atoms with Crippen LogP contribution in [0, 0.1) is 11.8 Å². The predicted molar refractivity (Wildman–Crippen MR) is 69.9 cm³/mol. The Balaban J connectivity index is 2.04. The molecule has 1 aliphatic rings. The maximum absolute atomic E-state index is 11.6. The molecule has 17 heavy (non-hydrogen) atoms. The Morgan fingerprint density at radius 3 is 2.76 bits per heavy atom. The highest BCUT2D eigenvalue weighted by Crippen LogP contribution is 2.18. The second-order valence-electron chi connectivity index (χ2n) is 5.31. The summed E-state index contributed by atoms with van der Waals surface area (Å²) < 4.78 is 5.29. The first kappa shape index (κ1) is 14.5. The molecule has 1 atom stereocenters. The second-order valence-corrected chi connectivity index (χ2v) is 5.31. The Bertz CT molecular complexity index is 212. The molecule has 1 fully saturated rings. The Morgan fingerprint density at radius 2 is 2.12 bits per heavy atom. The van der Waals surface area contributed by atoms with Crippen molar-refractivity contribution in [2.24, 2.45) is 11.8 Å². The van der Waals surface area contributed by atoms with Gasteiger partial charge in [0, 0.05) is 6.42 Å². The van der Waals surface area contributed by atoms with Crippen LogP contribution in [0.4, 0.5) is 0 Å². The van der Waals surface area contributed by atoms with Gasteiger partial charge in [0.15, 0.2) is 0 Å². The van der Waals surface area contributed by atoms with E-state index >= 15 is 0 Å². The van der Waals surface area contributed by atoms with Crippen LogP contribution in [0.1, 0.15) is 52.4 Å². The quantitative estimate of drug-likeness (QED) is 0.697. The van der Waals surface area contributed by atoms with Crippen molar-refractivity contribution in [1.29, 1.82) is 0 Å². The number of hydrogen-bond acceptors (Lipinski definition) is 3. The molecule has 100 valence electrons. The molecule has 0 aromatic heterocycles. The van der Waals surface area contributed by atoms with Crippen LogP contribution in [0.3, 0.4) is 0 Å². The van der Waals surface area contributed by atoms with Crippen molar-refractivity contribution >= 4 is 5.97 Å². The maximum atomic E-state index is 11.6. The van der Waals surface area contributed by atoms with Crippen LogP contribution >= 0.6 is 0 Å². The molecule has 0 spiro atoms. The lowest BCUT2D eigenvalue weighted by Gasteiger charge is -2.22. The molecule has 0 aromatic rings. The zero-order valence-corrected chi connectivity index (χ0v) is 11.3. The highest BCUT2D eigenvalue weighted by molar-refractivity contribution is 5.69. The zero-order valence-electron chi connectivity index (χ0n) is 11.3. The first-order valence-corrected chi connectivity index (χ1v) is 7.08. The van der Waals surface area contributed by atoms with Gasteiger partial charge in [-0.25, -0.2) is 0 Å². The molecule has 1 unspecified atom stereocenters. The summed E-state index contributed by atoms with van der Waals surface area (Å²) >= 11 is 0. The fourth-order valence-electron chi connectivity index (χ4n) is 2.38. The van der Waals surface area contributed by atoms with Crippen molar-refractivity contribution in [1.82, 2.24) is 5.32 Å². The summed E-state index contributed by atoms with van der Waals surface area (Å²) in [6, 6.07) is 0. The van der Waals surface area contributed by atoms with Gasteiger partial charge < -0.3 is 10.1 Å². The molecule has 0 aromatic carbocycles. The summed E-state index contributed by atoms with van der Waals surface area (Å²) in [5, 5.41) is 3.34. The first-order valence-electron chi connectivity index (χ1n) is 7.08. The average Bonchev–Trinajstić information content (AvgIpc) is 2.35. The van der Waals surface area contributed by atoms with E-state index in [0.717, 1.165) is 38.3 Å². The van der Waals surface area contributed by atoms with Gasteiger partial charge in [-0.3, -0.25) is 4.79 Å². The third kappa shape index (κ3) is 6.67. The number of rotatable bonds is 7. The molecule has 0 radical (unpaired) electrons. The van der Waals surface area contributed by atoms with Crippen LogP contribution in [0.25, 0.3) is 0 Å². The summed E-state index contributed by atoms with van der Waals surface area (Å²) in [7, 11) is 0. The molecule has 0 bridgehead atoms. The summed E-state index contributed by atoms with van der Waals surface area (Å²) in [6.45, 7) is 7.11. The summed E-state index contributed by atoms with van der Waals surface area (Å²) in [6.07, 6.45) is 6.32. The number of esters is 1. The third-order valence-electron chi connectivity index (χ3n) is 3.53. The first-order chi connectivity index (χ1) is 8.22. The molecule has 1 rings (SSSR count). The molecule has 1 N–H and O–H groups in total. The number of ether oxygens (including phenoxy) is 1. The number of carbonyl (C=O) groups is 1. The standard InChI is InChI=1S/C14H27NO2/c1-3-4-12(2)11-17-14(16)6-5-13-7-9-15-10-8-13/h12-13,15H,3-11H2,1-2H3. The van der Waals surface area contributed by atoms with Crippen molar-refractivity contribution in [3.05, 3.63) is 0 Å². The highest BCUT2D eigenvalue weighted by atomic mass is 16.5. The molecule has 0 amide bonds. The van der Waals surface area contributed by atoms with Gasteiger partial charge in [-0.1, -0.05) is 20.3 Å². The third-order valence-corrected chi connectivity index (χ3v) is 3.53. The van der Waals surface area contributed by atoms with Crippen LogP contribution < -0.4 is 5.32 Å². The lowest BCUT2D eigenvalue weighted by atomic mass is 9.93. The van der Waals surface area contributed by atoms with E-state index < -0.39 is 0 Å². The number of hydrogen-bond donors (Lipinski definition) is 1. The van der Waals surface area contributed by atoms with Gasteiger partial charge in [-0.15, -0.1) is 0 Å². The summed E-state index contributed by atoms with van der Waals surface area (Å²) in [5.74, 6) is 1.21. The second kappa shape index (κ2) is 8.51. The lowest BCUT2D eigenvalue weighted by Crippen LogP contribution is -2.28. The Kier molecular flexibility index (Phi) is 7.25. The topological polar surface area (TPSA) is 38.3 Å². The molecule has 1 aliphatic heterocycles. The molecule has 0 saturated carbocycles. The number of carbonyl (C=O) groups excluding carboxylic acids is 1. The van der Waals surface area contributed by atoms with Crippen molar-refractivity contribution in [2.75, 3.05) is 19.7 Å². The maximum Gasteiger partial charge on any atom is 0.305 e. The van der Waals surface area contributed by atoms with Crippen LogP contribution in [0.2, 0.25) is 0 Å². The van der Waals surface area contributed by atoms with Crippen LogP contribution in [-0.2, 0) is 9.53 Å². The smallest absolute Gasteiger partial charge is 0.305 e. The SMILES string of the molecule is CCCC(C)COC(=O)CCC1CCNCC1. The molecule has 0 aliphatic carbocycles. The zero-order chi connectivity index (χ0) is 12.5. The molecular formula is C14H27NO2. The largest absolute Gasteiger partial charge is 0.465 e. The van der Waals surface area contributed by atoms with Gasteiger partial charge in [0.1, 0.15) is 0 Å². The van der Waals surface area contributed by atoms with Gasteiger partial charge in [0.25, 0.3) is 0 Å². The van der Waals surface area contributed by atoms with E-state index in [0.29, 0.717) is 18.9 Å². The summed E-state index contributed by atoms with van der Waals surface area (Å²) in [5.41, 5.74) is 0. The van der Waals surface area contributed by atoms with Gasteiger partial charge in [-0.05, 0) is 50.6 Å². The monoisotopic (exact) mass is 241 g/mol. The molecule has 3 heteroatoms. The fraction of sp³-hybridized carbons (Fsp3) is 0.929. The molecule has 1 heterocycles. The van der Waals surface area contributed by atoms with E-state index in [9.17, 15) is 4.79 Å². The fourth-order valence-corrected chi connectivity index (χ4v) is 2.38. The van der Waals surface area contributed by atoms with Crippen LogP contribution in [-0.4, -0.2) is 25.7 Å². The lowest BCUT2D eigenvalue weighted by molar-refractivity contribution is -0.145. The highest BCUT2D eigenvalue weighted by Gasteiger charge is 2.15. The minimum absolute atomic E-state index is 0.00788. The van der Waals surface area contributed by atoms with E-state index in [2.05, 4.69) is 19.2 Å². The molecular weight excluding hydrogens is 214 g/mol. The molecule has 3 nitrogen and oxygen atoms in total. The average molecular weight is 241 g/mol. The van der Waals surface area contributed by atoms with Gasteiger partial charge >= 0.3 is 5.97 Å². The Morgan fingerprint density at radius 1 is 1.41 bits per heavy atom. The normalized spacial score (nSPS) is 18.9. The minimum atomic E-state index is -0.00788. The van der Waals surface area contributed by atoms with E-state index in [-0.39, 0.29) is 5.97 Å². The summed E-state index contributed by atoms with van der Waals surface area (Å²) in [4.78, 5) is 11.6. The predicted octanol–water partition coefficient (Wildman–Crippen LogP) is 2.75. The van der Waals surface area contributed by atoms with Crippen LogP contribution in [0.5, 0.6) is 0 Å². The minimum Gasteiger partial charge on any atom is -0.465 e. The van der Waals surface area contributed by atoms with Crippen molar-refractivity contribution in [2.45, 2.75) is 52.4 Å². The Labute approximate surface area is 105 Å². The van der Waals surface area contributed by atoms with Crippen molar-refractivity contribution < 1.29 is 9.53 Å². The van der Waals surface area contributed by atoms with Gasteiger partial charge in [0.2, 0.25) is 0 Å². The Hall–Kier alpha value is -0.570. The van der Waals surface area contributed by atoms with Crippen molar-refractivity contribution in [3.8, 4) is 0 Å². The van der Waals surface area contributed by atoms with E-state index in [1.54, 1.807) is 0 Å².